The summed E-state index contributed by atoms with van der Waals surface area (Å²) in [5.41, 5.74) is 0.894. The molecule has 0 radical (unpaired) electrons. The second kappa shape index (κ2) is 8.41. The van der Waals surface area contributed by atoms with Crippen molar-refractivity contribution < 1.29 is 18.0 Å². The van der Waals surface area contributed by atoms with Crippen LogP contribution in [0.1, 0.15) is 21.5 Å². The Hall–Kier alpha value is -3.58. The van der Waals surface area contributed by atoms with E-state index in [-0.39, 0.29) is 11.1 Å². The topological polar surface area (TPSA) is 17.1 Å². The zero-order valence-corrected chi connectivity index (χ0v) is 14.7. The van der Waals surface area contributed by atoms with Crippen LogP contribution < -0.4 is 0 Å². The maximum Gasteiger partial charge on any atom is 0.329 e. The first-order chi connectivity index (χ1) is 13.5. The van der Waals surface area contributed by atoms with E-state index in [4.69, 9.17) is 0 Å². The Balaban J connectivity index is 2.01. The zero-order chi connectivity index (χ0) is 20.0. The van der Waals surface area contributed by atoms with Gasteiger partial charge in [0.25, 0.3) is 0 Å². The van der Waals surface area contributed by atoms with E-state index in [9.17, 15) is 18.0 Å². The maximum absolute atomic E-state index is 14.7. The first-order valence-electron chi connectivity index (χ1n) is 8.49. The van der Waals surface area contributed by atoms with Crippen LogP contribution in [0, 0.1) is 17.7 Å². The van der Waals surface area contributed by atoms with E-state index in [1.165, 1.54) is 0 Å². The standard InChI is InChI=1S/C24H15F3O/c25-22-15-13-20(14-16-22)23(28)24(26,27)17-21(19-9-5-2-6-10-19)12-11-18-7-3-1-4-8-18/h1-10,13-17H/b21-17-. The Kier molecular flexibility index (Phi) is 5.76. The van der Waals surface area contributed by atoms with Gasteiger partial charge in [-0.25, -0.2) is 4.39 Å². The number of rotatable bonds is 4. The second-order valence-electron chi connectivity index (χ2n) is 6.00. The summed E-state index contributed by atoms with van der Waals surface area (Å²) in [6.45, 7) is 0. The zero-order valence-electron chi connectivity index (χ0n) is 14.7. The molecule has 0 aliphatic heterocycles. The number of hydrogen-bond donors (Lipinski definition) is 0. The number of benzene rings is 3. The molecule has 28 heavy (non-hydrogen) atoms. The molecule has 1 nitrogen and oxygen atoms in total. The molecule has 0 saturated carbocycles. The lowest BCUT2D eigenvalue weighted by molar-refractivity contribution is 0.0384. The fourth-order valence-corrected chi connectivity index (χ4v) is 2.51. The molecule has 0 spiro atoms. The molecule has 0 saturated heterocycles. The minimum atomic E-state index is -3.80. The van der Waals surface area contributed by atoms with Crippen LogP contribution in [0.3, 0.4) is 0 Å². The van der Waals surface area contributed by atoms with Crippen LogP contribution in [-0.2, 0) is 0 Å². The van der Waals surface area contributed by atoms with Crippen molar-refractivity contribution in [3.05, 3.63) is 114 Å². The monoisotopic (exact) mass is 376 g/mol. The molecule has 0 atom stereocenters. The molecule has 3 rings (SSSR count). The Labute approximate surface area is 161 Å². The average molecular weight is 376 g/mol. The predicted octanol–water partition coefficient (Wildman–Crippen LogP) is 5.78. The van der Waals surface area contributed by atoms with Crippen molar-refractivity contribution in [3.63, 3.8) is 0 Å². The normalized spacial score (nSPS) is 11.5. The number of carbonyl (C=O) groups is 1. The molecule has 0 amide bonds. The summed E-state index contributed by atoms with van der Waals surface area (Å²) in [6, 6.07) is 21.4. The molecule has 0 heterocycles. The van der Waals surface area contributed by atoms with Gasteiger partial charge in [-0.05, 0) is 42.0 Å². The Morgan fingerprint density at radius 2 is 1.36 bits per heavy atom. The van der Waals surface area contributed by atoms with E-state index in [0.717, 1.165) is 24.3 Å². The first kappa shape index (κ1) is 19.2. The van der Waals surface area contributed by atoms with Gasteiger partial charge in [-0.1, -0.05) is 60.4 Å². The second-order valence-corrected chi connectivity index (χ2v) is 6.00. The van der Waals surface area contributed by atoms with Crippen molar-refractivity contribution >= 4 is 11.4 Å². The number of alkyl halides is 2. The fourth-order valence-electron chi connectivity index (χ4n) is 2.51. The molecular weight excluding hydrogens is 361 g/mol. The van der Waals surface area contributed by atoms with Gasteiger partial charge in [0.2, 0.25) is 5.78 Å². The number of halogens is 3. The van der Waals surface area contributed by atoms with Gasteiger partial charge >= 0.3 is 5.92 Å². The lowest BCUT2D eigenvalue weighted by Gasteiger charge is -2.12. The summed E-state index contributed by atoms with van der Waals surface area (Å²) in [7, 11) is 0. The summed E-state index contributed by atoms with van der Waals surface area (Å²) in [5, 5.41) is 0. The summed E-state index contributed by atoms with van der Waals surface area (Å²) in [6.07, 6.45) is 0.559. The van der Waals surface area contributed by atoms with Gasteiger partial charge in [0.1, 0.15) is 5.82 Å². The van der Waals surface area contributed by atoms with Crippen LogP contribution in [0.5, 0.6) is 0 Å². The van der Waals surface area contributed by atoms with Gasteiger partial charge in [-0.2, -0.15) is 8.78 Å². The molecule has 0 unspecified atom stereocenters. The van der Waals surface area contributed by atoms with Crippen molar-refractivity contribution in [2.75, 3.05) is 0 Å². The first-order valence-corrected chi connectivity index (χ1v) is 8.49. The van der Waals surface area contributed by atoms with Crippen molar-refractivity contribution in [2.24, 2.45) is 0 Å². The molecular formula is C24H15F3O. The predicted molar refractivity (Wildman–Crippen MR) is 103 cm³/mol. The third-order valence-electron chi connectivity index (χ3n) is 3.93. The molecule has 0 aromatic heterocycles. The van der Waals surface area contributed by atoms with Crippen LogP contribution in [0.2, 0.25) is 0 Å². The molecule has 4 heteroatoms. The van der Waals surface area contributed by atoms with Gasteiger partial charge < -0.3 is 0 Å². The lowest BCUT2D eigenvalue weighted by atomic mass is 9.99. The highest BCUT2D eigenvalue weighted by molar-refractivity contribution is 6.04. The van der Waals surface area contributed by atoms with E-state index < -0.39 is 17.5 Å². The van der Waals surface area contributed by atoms with E-state index in [0.29, 0.717) is 17.2 Å². The lowest BCUT2D eigenvalue weighted by Crippen LogP contribution is -2.26. The minimum Gasteiger partial charge on any atom is -0.287 e. The average Bonchev–Trinajstić information content (AvgIpc) is 2.72. The number of ketones is 1. The number of carbonyl (C=O) groups excluding carboxylic acids is 1. The minimum absolute atomic E-state index is 0.0323. The Morgan fingerprint density at radius 3 is 1.96 bits per heavy atom. The molecule has 0 fully saturated rings. The van der Waals surface area contributed by atoms with Crippen molar-refractivity contribution in [2.45, 2.75) is 5.92 Å². The van der Waals surface area contributed by atoms with Crippen molar-refractivity contribution in [1.29, 1.82) is 0 Å². The Morgan fingerprint density at radius 1 is 0.786 bits per heavy atom. The smallest absolute Gasteiger partial charge is 0.287 e. The molecule has 3 aromatic carbocycles. The maximum atomic E-state index is 14.7. The van der Waals surface area contributed by atoms with E-state index in [1.54, 1.807) is 54.6 Å². The van der Waals surface area contributed by atoms with Gasteiger partial charge in [-0.3, -0.25) is 4.79 Å². The molecule has 0 aliphatic rings. The molecule has 3 aromatic rings. The van der Waals surface area contributed by atoms with Crippen LogP contribution in [0.4, 0.5) is 13.2 Å². The van der Waals surface area contributed by atoms with E-state index in [2.05, 4.69) is 11.8 Å². The van der Waals surface area contributed by atoms with Gasteiger partial charge in [0.05, 0.1) is 0 Å². The van der Waals surface area contributed by atoms with Crippen LogP contribution in [0.15, 0.2) is 91.0 Å². The van der Waals surface area contributed by atoms with Gasteiger partial charge in [0.15, 0.2) is 0 Å². The summed E-state index contributed by atoms with van der Waals surface area (Å²) in [4.78, 5) is 12.3. The molecule has 0 aliphatic carbocycles. The van der Waals surface area contributed by atoms with Crippen molar-refractivity contribution in [3.8, 4) is 11.8 Å². The van der Waals surface area contributed by atoms with E-state index in [1.807, 2.05) is 6.07 Å². The largest absolute Gasteiger partial charge is 0.329 e. The molecule has 138 valence electrons. The summed E-state index contributed by atoms with van der Waals surface area (Å²) in [5.74, 6) is -0.232. The number of hydrogen-bond acceptors (Lipinski definition) is 1. The van der Waals surface area contributed by atoms with Gasteiger partial charge in [-0.15, -0.1) is 0 Å². The number of Topliss-reactive ketones (excluding diaryl/α,β-unsaturated/α-hetero) is 1. The van der Waals surface area contributed by atoms with Crippen LogP contribution >= 0.6 is 0 Å². The fraction of sp³-hybridized carbons (Fsp3) is 0.0417. The SMILES string of the molecule is O=C(c1ccc(F)cc1)C(F)(F)/C=C(/C#Cc1ccccc1)c1ccccc1. The molecule has 0 bridgehead atoms. The quantitative estimate of drug-likeness (QED) is 0.417. The molecule has 0 N–H and O–H groups in total. The third-order valence-corrected chi connectivity index (χ3v) is 3.93. The van der Waals surface area contributed by atoms with Crippen LogP contribution in [-0.4, -0.2) is 11.7 Å². The highest BCUT2D eigenvalue weighted by Crippen LogP contribution is 2.27. The Bertz CT molecular complexity index is 1040. The summed E-state index contributed by atoms with van der Waals surface area (Å²) < 4.78 is 42.4. The highest BCUT2D eigenvalue weighted by Gasteiger charge is 2.37. The number of allylic oxidation sites excluding steroid dienone is 2. The van der Waals surface area contributed by atoms with Crippen molar-refractivity contribution in [1.82, 2.24) is 0 Å². The van der Waals surface area contributed by atoms with Crippen LogP contribution in [0.25, 0.3) is 5.57 Å². The summed E-state index contributed by atoms with van der Waals surface area (Å²) >= 11 is 0. The third kappa shape index (κ3) is 4.77. The van der Waals surface area contributed by atoms with Gasteiger partial charge in [0, 0.05) is 22.8 Å². The highest BCUT2D eigenvalue weighted by atomic mass is 19.3. The van der Waals surface area contributed by atoms with E-state index >= 15 is 0 Å².